The minimum Gasteiger partial charge on any atom is -0.396 e. The third kappa shape index (κ3) is 4.75. The maximum Gasteiger partial charge on any atom is 0.0739 e. The van der Waals surface area contributed by atoms with Gasteiger partial charge in [-0.25, -0.2) is 0 Å². The van der Waals surface area contributed by atoms with Crippen molar-refractivity contribution in [2.24, 2.45) is 5.92 Å². The van der Waals surface area contributed by atoms with Gasteiger partial charge in [-0.2, -0.15) is 0 Å². The van der Waals surface area contributed by atoms with Crippen LogP contribution in [0.2, 0.25) is 5.02 Å². The van der Waals surface area contributed by atoms with Crippen molar-refractivity contribution in [3.63, 3.8) is 0 Å². The van der Waals surface area contributed by atoms with Gasteiger partial charge >= 0.3 is 0 Å². The lowest BCUT2D eigenvalue weighted by Crippen LogP contribution is -2.33. The van der Waals surface area contributed by atoms with Crippen LogP contribution in [0.3, 0.4) is 0 Å². The third-order valence-corrected chi connectivity index (χ3v) is 3.08. The number of likely N-dealkylation sites (N-methyl/N-ethyl adjacent to an activating group) is 1. The highest BCUT2D eigenvalue weighted by molar-refractivity contribution is 6.33. The summed E-state index contributed by atoms with van der Waals surface area (Å²) in [6.07, 6.45) is 1.10. The van der Waals surface area contributed by atoms with Gasteiger partial charge in [-0.05, 0) is 38.6 Å². The number of anilines is 2. The van der Waals surface area contributed by atoms with E-state index in [2.05, 4.69) is 38.2 Å². The molecule has 1 unspecified atom stereocenters. The molecule has 0 aliphatic carbocycles. The van der Waals surface area contributed by atoms with Crippen LogP contribution in [-0.2, 0) is 0 Å². The maximum absolute atomic E-state index is 6.03. The maximum atomic E-state index is 6.03. The largest absolute Gasteiger partial charge is 0.396 e. The summed E-state index contributed by atoms with van der Waals surface area (Å²) in [5.41, 5.74) is 7.54. The molecule has 0 saturated carbocycles. The molecule has 0 aromatic heterocycles. The van der Waals surface area contributed by atoms with E-state index >= 15 is 0 Å². The van der Waals surface area contributed by atoms with Gasteiger partial charge in [0.1, 0.15) is 0 Å². The van der Waals surface area contributed by atoms with Crippen molar-refractivity contribution < 1.29 is 0 Å². The number of para-hydroxylation sites is 1. The van der Waals surface area contributed by atoms with E-state index < -0.39 is 0 Å². The lowest BCUT2D eigenvalue weighted by atomic mass is 10.0. The number of benzene rings is 1. The van der Waals surface area contributed by atoms with Crippen LogP contribution in [0.1, 0.15) is 20.3 Å². The van der Waals surface area contributed by atoms with E-state index in [9.17, 15) is 0 Å². The van der Waals surface area contributed by atoms with Gasteiger partial charge in [0.15, 0.2) is 0 Å². The normalized spacial score (nSPS) is 13.1. The third-order valence-electron chi connectivity index (χ3n) is 2.75. The highest BCUT2D eigenvalue weighted by atomic mass is 35.5. The van der Waals surface area contributed by atoms with Crippen molar-refractivity contribution in [1.82, 2.24) is 4.90 Å². The molecule has 0 aliphatic rings. The number of nitrogens with two attached hydrogens (primary N) is 1. The number of hydrogen-bond donors (Lipinski definition) is 2. The molecule has 1 rings (SSSR count). The van der Waals surface area contributed by atoms with E-state index in [1.807, 2.05) is 18.2 Å². The predicted molar refractivity (Wildman–Crippen MR) is 81.3 cm³/mol. The molecule has 0 amide bonds. The number of nitrogen functional groups attached to an aromatic ring is 1. The Hall–Kier alpha value is -0.930. The van der Waals surface area contributed by atoms with E-state index in [-0.39, 0.29) is 0 Å². The zero-order chi connectivity index (χ0) is 13.7. The Balaban J connectivity index is 2.78. The van der Waals surface area contributed by atoms with Crippen molar-refractivity contribution in [2.45, 2.75) is 26.3 Å². The molecular formula is C14H24ClN3. The van der Waals surface area contributed by atoms with Gasteiger partial charge in [-0.3, -0.25) is 0 Å². The van der Waals surface area contributed by atoms with E-state index in [0.717, 1.165) is 18.7 Å². The Kier molecular flexibility index (Phi) is 5.76. The summed E-state index contributed by atoms with van der Waals surface area (Å²) in [6.45, 7) is 5.43. The first kappa shape index (κ1) is 15.1. The van der Waals surface area contributed by atoms with Gasteiger partial charge in [0.05, 0.1) is 16.4 Å². The van der Waals surface area contributed by atoms with Crippen molar-refractivity contribution in [3.05, 3.63) is 23.2 Å². The lowest BCUT2D eigenvalue weighted by Gasteiger charge is -2.25. The second kappa shape index (κ2) is 6.86. The summed E-state index contributed by atoms with van der Waals surface area (Å²) in [5.74, 6) is 0.642. The summed E-state index contributed by atoms with van der Waals surface area (Å²) in [7, 11) is 4.16. The number of halogens is 1. The molecule has 0 heterocycles. The van der Waals surface area contributed by atoms with Gasteiger partial charge < -0.3 is 16.0 Å². The lowest BCUT2D eigenvalue weighted by molar-refractivity contribution is 0.356. The van der Waals surface area contributed by atoms with Crippen LogP contribution in [0.4, 0.5) is 11.4 Å². The first-order valence-corrected chi connectivity index (χ1v) is 6.73. The first-order valence-electron chi connectivity index (χ1n) is 6.35. The van der Waals surface area contributed by atoms with E-state index in [1.54, 1.807) is 0 Å². The highest BCUT2D eigenvalue weighted by Crippen LogP contribution is 2.28. The SMILES string of the molecule is CC(C)CC(CN(C)C)Nc1cccc(Cl)c1N. The molecule has 0 radical (unpaired) electrons. The van der Waals surface area contributed by atoms with E-state index in [0.29, 0.717) is 22.7 Å². The summed E-state index contributed by atoms with van der Waals surface area (Å²) in [6, 6.07) is 6.08. The molecule has 4 heteroatoms. The van der Waals surface area contributed by atoms with Gasteiger partial charge in [-0.15, -0.1) is 0 Å². The number of hydrogen-bond acceptors (Lipinski definition) is 3. The Labute approximate surface area is 115 Å². The summed E-state index contributed by atoms with van der Waals surface area (Å²) < 4.78 is 0. The smallest absolute Gasteiger partial charge is 0.0739 e. The van der Waals surface area contributed by atoms with Crippen LogP contribution >= 0.6 is 11.6 Å². The molecular weight excluding hydrogens is 246 g/mol. The molecule has 0 fully saturated rings. The van der Waals surface area contributed by atoms with Crippen LogP contribution in [0.25, 0.3) is 0 Å². The average Bonchev–Trinajstić information content (AvgIpc) is 2.23. The standard InChI is InChI=1S/C14H24ClN3/c1-10(2)8-11(9-18(3)4)17-13-7-5-6-12(15)14(13)16/h5-7,10-11,17H,8-9,16H2,1-4H3. The Morgan fingerprint density at radius 2 is 2.00 bits per heavy atom. The fraction of sp³-hybridized carbons (Fsp3) is 0.571. The van der Waals surface area contributed by atoms with Crippen LogP contribution in [0.15, 0.2) is 18.2 Å². The Bertz CT molecular complexity index is 367. The van der Waals surface area contributed by atoms with Gasteiger partial charge in [0, 0.05) is 12.6 Å². The summed E-state index contributed by atoms with van der Waals surface area (Å²) in [4.78, 5) is 2.18. The Morgan fingerprint density at radius 3 is 2.56 bits per heavy atom. The molecule has 102 valence electrons. The van der Waals surface area contributed by atoms with E-state index in [1.165, 1.54) is 0 Å². The van der Waals surface area contributed by atoms with Gasteiger partial charge in [-0.1, -0.05) is 31.5 Å². The average molecular weight is 270 g/mol. The molecule has 0 aliphatic heterocycles. The van der Waals surface area contributed by atoms with Gasteiger partial charge in [0.25, 0.3) is 0 Å². The number of nitrogens with one attached hydrogen (secondary N) is 1. The molecule has 1 aromatic carbocycles. The molecule has 3 nitrogen and oxygen atoms in total. The summed E-state index contributed by atoms with van der Waals surface area (Å²) >= 11 is 6.03. The second-order valence-corrected chi connectivity index (χ2v) is 5.84. The van der Waals surface area contributed by atoms with Crippen LogP contribution in [-0.4, -0.2) is 31.6 Å². The highest BCUT2D eigenvalue weighted by Gasteiger charge is 2.13. The molecule has 0 spiro atoms. The molecule has 1 atom stereocenters. The van der Waals surface area contributed by atoms with Crippen LogP contribution < -0.4 is 11.1 Å². The fourth-order valence-corrected chi connectivity index (χ4v) is 2.25. The molecule has 0 bridgehead atoms. The second-order valence-electron chi connectivity index (χ2n) is 5.43. The van der Waals surface area contributed by atoms with Crippen molar-refractivity contribution in [2.75, 3.05) is 31.7 Å². The van der Waals surface area contributed by atoms with Crippen molar-refractivity contribution in [3.8, 4) is 0 Å². The zero-order valence-corrected chi connectivity index (χ0v) is 12.5. The van der Waals surface area contributed by atoms with Gasteiger partial charge in [0.2, 0.25) is 0 Å². The predicted octanol–water partition coefficient (Wildman–Crippen LogP) is 3.31. The number of nitrogens with zero attached hydrogens (tertiary/aromatic N) is 1. The minimum absolute atomic E-state index is 0.376. The molecule has 1 aromatic rings. The fourth-order valence-electron chi connectivity index (χ4n) is 2.07. The van der Waals surface area contributed by atoms with Crippen LogP contribution in [0, 0.1) is 5.92 Å². The van der Waals surface area contributed by atoms with Crippen molar-refractivity contribution in [1.29, 1.82) is 0 Å². The summed E-state index contributed by atoms with van der Waals surface area (Å²) in [5, 5.41) is 4.10. The number of rotatable bonds is 6. The monoisotopic (exact) mass is 269 g/mol. The zero-order valence-electron chi connectivity index (χ0n) is 11.7. The molecule has 18 heavy (non-hydrogen) atoms. The topological polar surface area (TPSA) is 41.3 Å². The molecule has 0 saturated heterocycles. The molecule has 3 N–H and O–H groups in total. The minimum atomic E-state index is 0.376. The van der Waals surface area contributed by atoms with Crippen LogP contribution in [0.5, 0.6) is 0 Å². The van der Waals surface area contributed by atoms with E-state index in [4.69, 9.17) is 17.3 Å². The van der Waals surface area contributed by atoms with Crippen molar-refractivity contribution >= 4 is 23.0 Å². The Morgan fingerprint density at radius 1 is 1.33 bits per heavy atom. The first-order chi connectivity index (χ1) is 8.40. The quantitative estimate of drug-likeness (QED) is 0.779.